The molecular formula is C23H16F3N5O5S. The zero-order chi connectivity index (χ0) is 26.3. The third kappa shape index (κ3) is 4.74. The molecule has 37 heavy (non-hydrogen) atoms. The van der Waals surface area contributed by atoms with Gasteiger partial charge in [0, 0.05) is 11.6 Å². The van der Waals surface area contributed by atoms with Gasteiger partial charge in [-0.05, 0) is 31.2 Å². The third-order valence-corrected chi connectivity index (χ3v) is 6.32. The number of nitrogens with one attached hydrogen (secondary N) is 2. The van der Waals surface area contributed by atoms with Crippen LogP contribution in [0.4, 0.5) is 18.9 Å². The van der Waals surface area contributed by atoms with E-state index < -0.39 is 23.2 Å². The van der Waals surface area contributed by atoms with Crippen LogP contribution in [0.3, 0.4) is 0 Å². The van der Waals surface area contributed by atoms with Crippen molar-refractivity contribution in [2.45, 2.75) is 18.3 Å². The zero-order valence-corrected chi connectivity index (χ0v) is 19.7. The molecule has 1 aliphatic heterocycles. The van der Waals surface area contributed by atoms with E-state index in [0.717, 1.165) is 28.5 Å². The summed E-state index contributed by atoms with van der Waals surface area (Å²) in [6, 6.07) is 7.15. The topological polar surface area (TPSA) is 128 Å². The minimum absolute atomic E-state index is 0.0191. The van der Waals surface area contributed by atoms with Crippen LogP contribution in [0.25, 0.3) is 16.7 Å². The minimum atomic E-state index is -4.63. The van der Waals surface area contributed by atoms with Crippen LogP contribution in [0, 0.1) is 0 Å². The van der Waals surface area contributed by atoms with Gasteiger partial charge >= 0.3 is 6.18 Å². The second-order valence-corrected chi connectivity index (χ2v) is 8.80. The zero-order valence-electron chi connectivity index (χ0n) is 18.9. The molecule has 3 heterocycles. The number of hydrogen-bond acceptors (Lipinski definition) is 8. The molecule has 0 aliphatic carbocycles. The first-order valence-electron chi connectivity index (χ1n) is 10.6. The Morgan fingerprint density at radius 1 is 1.19 bits per heavy atom. The fourth-order valence-electron chi connectivity index (χ4n) is 3.67. The number of fused-ring (bicyclic) bond motifs is 2. The van der Waals surface area contributed by atoms with Gasteiger partial charge in [-0.25, -0.2) is 4.98 Å². The molecule has 2 N–H and O–H groups in total. The molecule has 1 aliphatic rings. The van der Waals surface area contributed by atoms with E-state index in [4.69, 9.17) is 9.47 Å². The molecule has 0 bridgehead atoms. The van der Waals surface area contributed by atoms with Crippen LogP contribution in [0.5, 0.6) is 11.5 Å². The second-order valence-electron chi connectivity index (χ2n) is 7.86. The number of halogens is 3. The van der Waals surface area contributed by atoms with E-state index in [1.807, 2.05) is 0 Å². The fraction of sp³-hybridized carbons (Fsp3) is 0.174. The van der Waals surface area contributed by atoms with Crippen LogP contribution >= 0.6 is 11.8 Å². The molecule has 190 valence electrons. The number of alkyl halides is 3. The van der Waals surface area contributed by atoms with E-state index in [1.165, 1.54) is 37.4 Å². The summed E-state index contributed by atoms with van der Waals surface area (Å²) in [4.78, 5) is 42.3. The first-order valence-corrected chi connectivity index (χ1v) is 11.6. The van der Waals surface area contributed by atoms with E-state index in [9.17, 15) is 27.6 Å². The number of amides is 1. The number of ketones is 1. The van der Waals surface area contributed by atoms with Crippen LogP contribution < -0.4 is 20.3 Å². The number of H-pyrrole nitrogens is 1. The highest BCUT2D eigenvalue weighted by atomic mass is 32.2. The molecule has 5 rings (SSSR count). The molecule has 0 unspecified atom stereocenters. The van der Waals surface area contributed by atoms with Crippen molar-refractivity contribution in [1.29, 1.82) is 0 Å². The number of aromatic amines is 1. The SMILES string of the molecule is CC(=O)c1cc2c(cc1NC(=O)CSc1nc3[nH]ncc3c(=O)n1-c1cccc(C(F)(F)F)c1)OCO2. The van der Waals surface area contributed by atoms with Crippen LogP contribution in [-0.4, -0.2) is 44.0 Å². The van der Waals surface area contributed by atoms with Crippen molar-refractivity contribution in [3.05, 3.63) is 64.1 Å². The number of nitrogens with zero attached hydrogens (tertiary/aromatic N) is 3. The van der Waals surface area contributed by atoms with E-state index in [-0.39, 0.29) is 51.5 Å². The number of rotatable bonds is 6. The molecule has 4 aromatic rings. The summed E-state index contributed by atoms with van der Waals surface area (Å²) in [7, 11) is 0. The normalized spacial score (nSPS) is 12.6. The predicted molar refractivity (Wildman–Crippen MR) is 126 cm³/mol. The Morgan fingerprint density at radius 3 is 2.68 bits per heavy atom. The largest absolute Gasteiger partial charge is 0.454 e. The van der Waals surface area contributed by atoms with Gasteiger partial charge in [0.1, 0.15) is 5.39 Å². The maximum Gasteiger partial charge on any atom is 0.416 e. The van der Waals surface area contributed by atoms with Gasteiger partial charge in [-0.1, -0.05) is 17.8 Å². The molecule has 0 saturated carbocycles. The number of benzene rings is 2. The lowest BCUT2D eigenvalue weighted by Crippen LogP contribution is -2.23. The van der Waals surface area contributed by atoms with E-state index in [2.05, 4.69) is 20.5 Å². The van der Waals surface area contributed by atoms with Gasteiger partial charge in [-0.15, -0.1) is 0 Å². The van der Waals surface area contributed by atoms with Crippen molar-refractivity contribution < 1.29 is 32.2 Å². The van der Waals surface area contributed by atoms with Gasteiger partial charge in [0.2, 0.25) is 12.7 Å². The third-order valence-electron chi connectivity index (χ3n) is 5.38. The lowest BCUT2D eigenvalue weighted by atomic mass is 10.1. The molecule has 0 spiro atoms. The Morgan fingerprint density at radius 2 is 1.95 bits per heavy atom. The predicted octanol–water partition coefficient (Wildman–Crippen LogP) is 3.79. The summed E-state index contributed by atoms with van der Waals surface area (Å²) >= 11 is 0.825. The van der Waals surface area contributed by atoms with Gasteiger partial charge in [-0.3, -0.25) is 24.0 Å². The first kappa shape index (κ1) is 24.4. The summed E-state index contributed by atoms with van der Waals surface area (Å²) in [5, 5.41) is 8.99. The molecule has 2 aromatic heterocycles. The number of thioether (sulfide) groups is 1. The highest BCUT2D eigenvalue weighted by molar-refractivity contribution is 7.99. The summed E-state index contributed by atoms with van der Waals surface area (Å²) in [6.45, 7) is 1.31. The van der Waals surface area contributed by atoms with E-state index >= 15 is 0 Å². The molecule has 14 heteroatoms. The Kier molecular flexibility index (Phi) is 6.11. The summed E-state index contributed by atoms with van der Waals surface area (Å²) in [5.41, 5.74) is -1.15. The maximum absolute atomic E-state index is 13.3. The lowest BCUT2D eigenvalue weighted by Gasteiger charge is -2.14. The van der Waals surface area contributed by atoms with Gasteiger partial charge in [0.25, 0.3) is 5.56 Å². The monoisotopic (exact) mass is 531 g/mol. The fourth-order valence-corrected chi connectivity index (χ4v) is 4.48. The number of ether oxygens (including phenoxy) is 2. The van der Waals surface area contributed by atoms with Crippen molar-refractivity contribution in [2.24, 2.45) is 0 Å². The molecule has 1 amide bonds. The Hall–Kier alpha value is -4.33. The summed E-state index contributed by atoms with van der Waals surface area (Å²) in [6.07, 6.45) is -3.40. The van der Waals surface area contributed by atoms with Crippen molar-refractivity contribution in [3.8, 4) is 17.2 Å². The smallest absolute Gasteiger partial charge is 0.416 e. The molecule has 0 fully saturated rings. The number of carbonyl (C=O) groups excluding carboxylic acids is 2. The first-order chi connectivity index (χ1) is 17.6. The standard InChI is InChI=1S/C23H16F3N5O5S/c1-11(32)14-6-17-18(36-10-35-17)7-16(14)28-19(33)9-37-22-29-20-15(8-27-30-20)21(34)31(22)13-4-2-3-12(5-13)23(24,25)26/h2-8H,9-10H2,1H3,(H,27,30)(H,28,33). The summed E-state index contributed by atoms with van der Waals surface area (Å²) in [5.74, 6) is -0.416. The Bertz CT molecular complexity index is 1610. The van der Waals surface area contributed by atoms with Gasteiger partial charge in [0.15, 0.2) is 28.1 Å². The average Bonchev–Trinajstić information content (AvgIpc) is 3.51. The van der Waals surface area contributed by atoms with Crippen LogP contribution in [-0.2, 0) is 11.0 Å². The lowest BCUT2D eigenvalue weighted by molar-refractivity contribution is -0.137. The minimum Gasteiger partial charge on any atom is -0.454 e. The highest BCUT2D eigenvalue weighted by Gasteiger charge is 2.31. The van der Waals surface area contributed by atoms with Gasteiger partial charge in [-0.2, -0.15) is 18.3 Å². The quantitative estimate of drug-likeness (QED) is 0.219. The van der Waals surface area contributed by atoms with Crippen molar-refractivity contribution in [3.63, 3.8) is 0 Å². The van der Waals surface area contributed by atoms with Crippen molar-refractivity contribution >= 4 is 40.2 Å². The number of carbonyl (C=O) groups is 2. The molecule has 0 saturated heterocycles. The molecule has 0 radical (unpaired) electrons. The Balaban J connectivity index is 1.46. The van der Waals surface area contributed by atoms with Crippen LogP contribution in [0.15, 0.2) is 52.5 Å². The van der Waals surface area contributed by atoms with Gasteiger partial charge in [0.05, 0.1) is 28.9 Å². The number of anilines is 1. The molecule has 2 aromatic carbocycles. The summed E-state index contributed by atoms with van der Waals surface area (Å²) < 4.78 is 51.5. The molecule has 0 atom stereocenters. The maximum atomic E-state index is 13.3. The highest BCUT2D eigenvalue weighted by Crippen LogP contribution is 2.37. The van der Waals surface area contributed by atoms with E-state index in [1.54, 1.807) is 0 Å². The molecular weight excluding hydrogens is 515 g/mol. The number of aromatic nitrogens is 4. The van der Waals surface area contributed by atoms with Crippen molar-refractivity contribution in [2.75, 3.05) is 17.9 Å². The Labute approximate surface area is 209 Å². The van der Waals surface area contributed by atoms with Crippen LogP contribution in [0.1, 0.15) is 22.8 Å². The number of Topliss-reactive ketones (excluding diaryl/α,β-unsaturated/α-hetero) is 1. The average molecular weight is 531 g/mol. The molecule has 10 nitrogen and oxygen atoms in total. The number of hydrogen-bond donors (Lipinski definition) is 2. The second kappa shape index (κ2) is 9.28. The van der Waals surface area contributed by atoms with Crippen LogP contribution in [0.2, 0.25) is 0 Å². The van der Waals surface area contributed by atoms with Gasteiger partial charge < -0.3 is 14.8 Å². The van der Waals surface area contributed by atoms with E-state index in [0.29, 0.717) is 11.5 Å². The van der Waals surface area contributed by atoms with Crippen molar-refractivity contribution in [1.82, 2.24) is 19.7 Å².